The second kappa shape index (κ2) is 7.35. The summed E-state index contributed by atoms with van der Waals surface area (Å²) in [6.07, 6.45) is 1.53. The highest BCUT2D eigenvalue weighted by atomic mass is 35.5. The van der Waals surface area contributed by atoms with Crippen LogP contribution in [0.25, 0.3) is 22.3 Å². The molecule has 0 saturated heterocycles. The zero-order chi connectivity index (χ0) is 18.8. The van der Waals surface area contributed by atoms with E-state index in [2.05, 4.69) is 10.1 Å². The first-order valence-electron chi connectivity index (χ1n) is 8.20. The lowest BCUT2D eigenvalue weighted by Gasteiger charge is -2.09. The molecule has 1 heterocycles. The molecule has 0 atom stereocenters. The highest BCUT2D eigenvalue weighted by Crippen LogP contribution is 2.21. The number of benzene rings is 3. The summed E-state index contributed by atoms with van der Waals surface area (Å²) < 4.78 is 1.29. The van der Waals surface area contributed by atoms with Gasteiger partial charge in [0.2, 0.25) is 0 Å². The third-order valence-corrected chi connectivity index (χ3v) is 4.62. The van der Waals surface area contributed by atoms with Crippen LogP contribution >= 0.6 is 23.2 Å². The second-order valence-electron chi connectivity index (χ2n) is 5.85. The van der Waals surface area contributed by atoms with Crippen LogP contribution in [-0.2, 0) is 0 Å². The van der Waals surface area contributed by atoms with E-state index in [1.54, 1.807) is 30.3 Å². The predicted molar refractivity (Wildman–Crippen MR) is 111 cm³/mol. The molecule has 0 aliphatic carbocycles. The third-order valence-electron chi connectivity index (χ3n) is 4.06. The van der Waals surface area contributed by atoms with Gasteiger partial charge in [0.15, 0.2) is 5.82 Å². The molecule has 132 valence electrons. The van der Waals surface area contributed by atoms with Gasteiger partial charge in [-0.1, -0.05) is 71.7 Å². The first-order valence-corrected chi connectivity index (χ1v) is 8.96. The molecule has 1 aromatic heterocycles. The Hall–Kier alpha value is -2.95. The average molecular weight is 394 g/mol. The van der Waals surface area contributed by atoms with Crippen LogP contribution < -0.4 is 5.56 Å². The van der Waals surface area contributed by atoms with E-state index in [1.807, 2.05) is 42.5 Å². The number of hydrogen-bond acceptors (Lipinski definition) is 3. The molecule has 6 heteroatoms. The fourth-order valence-electron chi connectivity index (χ4n) is 2.73. The van der Waals surface area contributed by atoms with Gasteiger partial charge in [0.1, 0.15) is 0 Å². The van der Waals surface area contributed by atoms with Gasteiger partial charge in [0.05, 0.1) is 22.1 Å². The number of rotatable bonds is 3. The van der Waals surface area contributed by atoms with Crippen LogP contribution in [0.2, 0.25) is 10.0 Å². The van der Waals surface area contributed by atoms with Gasteiger partial charge in [0.25, 0.3) is 5.56 Å². The number of para-hydroxylation sites is 1. The standard InChI is InChI=1S/C21H13Cl2N3O/c22-16-11-10-15(18(23)12-16)13-24-26-20(14-6-2-1-3-7-14)25-19-9-5-4-8-17(19)21(26)27/h1-13H/b24-13+. The van der Waals surface area contributed by atoms with Crippen LogP contribution in [0.1, 0.15) is 5.56 Å². The lowest BCUT2D eigenvalue weighted by molar-refractivity contribution is 0.830. The van der Waals surface area contributed by atoms with Gasteiger partial charge >= 0.3 is 0 Å². The summed E-state index contributed by atoms with van der Waals surface area (Å²) in [5.41, 5.74) is 1.82. The fourth-order valence-corrected chi connectivity index (χ4v) is 3.19. The maximum absolute atomic E-state index is 13.0. The predicted octanol–water partition coefficient (Wildman–Crippen LogP) is 5.25. The largest absolute Gasteiger partial charge is 0.282 e. The van der Waals surface area contributed by atoms with E-state index in [4.69, 9.17) is 23.2 Å². The van der Waals surface area contributed by atoms with Crippen molar-refractivity contribution in [1.82, 2.24) is 9.66 Å². The molecule has 0 radical (unpaired) electrons. The molecular formula is C21H13Cl2N3O. The Morgan fingerprint density at radius 3 is 2.44 bits per heavy atom. The average Bonchev–Trinajstić information content (AvgIpc) is 2.69. The van der Waals surface area contributed by atoms with Crippen LogP contribution in [0.5, 0.6) is 0 Å². The van der Waals surface area contributed by atoms with E-state index in [9.17, 15) is 4.79 Å². The molecule has 0 bridgehead atoms. The van der Waals surface area contributed by atoms with Crippen molar-refractivity contribution in [3.05, 3.63) is 98.8 Å². The summed E-state index contributed by atoms with van der Waals surface area (Å²) in [5.74, 6) is 0.459. The van der Waals surface area contributed by atoms with Crippen molar-refractivity contribution < 1.29 is 0 Å². The number of nitrogens with zero attached hydrogens (tertiary/aromatic N) is 3. The van der Waals surface area contributed by atoms with Gasteiger partial charge in [-0.05, 0) is 24.3 Å². The van der Waals surface area contributed by atoms with E-state index < -0.39 is 0 Å². The van der Waals surface area contributed by atoms with E-state index in [1.165, 1.54) is 10.9 Å². The summed E-state index contributed by atoms with van der Waals surface area (Å²) in [6.45, 7) is 0. The molecule has 4 rings (SSSR count). The molecule has 0 aliphatic heterocycles. The van der Waals surface area contributed by atoms with Crippen molar-refractivity contribution in [2.75, 3.05) is 0 Å². The van der Waals surface area contributed by atoms with Crippen molar-refractivity contribution in [3.63, 3.8) is 0 Å². The zero-order valence-electron chi connectivity index (χ0n) is 14.0. The topological polar surface area (TPSA) is 47.2 Å². The van der Waals surface area contributed by atoms with E-state index in [0.717, 1.165) is 5.56 Å². The summed E-state index contributed by atoms with van der Waals surface area (Å²) in [5, 5.41) is 5.87. The smallest absolute Gasteiger partial charge is 0.267 e. The number of fused-ring (bicyclic) bond motifs is 1. The first-order chi connectivity index (χ1) is 13.1. The molecule has 0 fully saturated rings. The molecular weight excluding hydrogens is 381 g/mol. The quantitative estimate of drug-likeness (QED) is 0.446. The maximum atomic E-state index is 13.0. The molecule has 4 nitrogen and oxygen atoms in total. The van der Waals surface area contributed by atoms with Crippen LogP contribution in [-0.4, -0.2) is 15.9 Å². The summed E-state index contributed by atoms with van der Waals surface area (Å²) in [7, 11) is 0. The molecule has 0 N–H and O–H groups in total. The second-order valence-corrected chi connectivity index (χ2v) is 6.69. The summed E-state index contributed by atoms with van der Waals surface area (Å²) >= 11 is 12.1. The third kappa shape index (κ3) is 3.50. The van der Waals surface area contributed by atoms with Crippen LogP contribution in [0.3, 0.4) is 0 Å². The zero-order valence-corrected chi connectivity index (χ0v) is 15.5. The van der Waals surface area contributed by atoms with Crippen molar-refractivity contribution in [2.45, 2.75) is 0 Å². The number of hydrogen-bond donors (Lipinski definition) is 0. The van der Waals surface area contributed by atoms with Crippen LogP contribution in [0.4, 0.5) is 0 Å². The van der Waals surface area contributed by atoms with Gasteiger partial charge in [0, 0.05) is 16.1 Å². The van der Waals surface area contributed by atoms with Crippen molar-refractivity contribution in [1.29, 1.82) is 0 Å². The maximum Gasteiger partial charge on any atom is 0.282 e. The fraction of sp³-hybridized carbons (Fsp3) is 0. The molecule has 3 aromatic carbocycles. The Bertz CT molecular complexity index is 1220. The molecule has 27 heavy (non-hydrogen) atoms. The molecule has 0 aliphatic rings. The Kier molecular flexibility index (Phi) is 4.75. The van der Waals surface area contributed by atoms with Crippen molar-refractivity contribution in [2.24, 2.45) is 5.10 Å². The molecule has 0 saturated carbocycles. The van der Waals surface area contributed by atoms with E-state index in [0.29, 0.717) is 32.3 Å². The van der Waals surface area contributed by atoms with Crippen LogP contribution in [0.15, 0.2) is 82.7 Å². The van der Waals surface area contributed by atoms with E-state index in [-0.39, 0.29) is 5.56 Å². The highest BCUT2D eigenvalue weighted by molar-refractivity contribution is 6.36. The van der Waals surface area contributed by atoms with Gasteiger partial charge in [-0.2, -0.15) is 9.78 Å². The lowest BCUT2D eigenvalue weighted by atomic mass is 10.2. The molecule has 0 unspecified atom stereocenters. The summed E-state index contributed by atoms with van der Waals surface area (Å²) in [4.78, 5) is 17.7. The van der Waals surface area contributed by atoms with Gasteiger partial charge in [-0.25, -0.2) is 4.98 Å². The summed E-state index contributed by atoms with van der Waals surface area (Å²) in [6, 6.07) is 21.8. The van der Waals surface area contributed by atoms with Gasteiger partial charge < -0.3 is 0 Å². The SMILES string of the molecule is O=c1c2ccccc2nc(-c2ccccc2)n1/N=C/c1ccc(Cl)cc1Cl. The van der Waals surface area contributed by atoms with Crippen molar-refractivity contribution in [3.8, 4) is 11.4 Å². The Morgan fingerprint density at radius 1 is 0.926 bits per heavy atom. The monoisotopic (exact) mass is 393 g/mol. The Balaban J connectivity index is 1.94. The van der Waals surface area contributed by atoms with Gasteiger partial charge in [-0.3, -0.25) is 4.79 Å². The van der Waals surface area contributed by atoms with Crippen molar-refractivity contribution >= 4 is 40.3 Å². The minimum Gasteiger partial charge on any atom is -0.267 e. The highest BCUT2D eigenvalue weighted by Gasteiger charge is 2.12. The molecule has 0 spiro atoms. The van der Waals surface area contributed by atoms with E-state index >= 15 is 0 Å². The minimum atomic E-state index is -0.249. The lowest BCUT2D eigenvalue weighted by Crippen LogP contribution is -2.20. The van der Waals surface area contributed by atoms with Gasteiger partial charge in [-0.15, -0.1) is 0 Å². The Morgan fingerprint density at radius 2 is 1.67 bits per heavy atom. The number of aromatic nitrogens is 2. The minimum absolute atomic E-state index is 0.249. The normalized spacial score (nSPS) is 11.3. The molecule has 4 aromatic rings. The van der Waals surface area contributed by atoms with Crippen LogP contribution in [0, 0.1) is 0 Å². The molecule has 0 amide bonds. The Labute approximate surface area is 165 Å². The number of halogens is 2. The first kappa shape index (κ1) is 17.5.